The molecule has 5 nitrogen and oxygen atoms in total. The summed E-state index contributed by atoms with van der Waals surface area (Å²) >= 11 is 0. The maximum Gasteiger partial charge on any atom is 0.206 e. The normalized spacial score (nSPS) is 39.4. The molecule has 5 aliphatic rings. The Morgan fingerprint density at radius 1 is 1.19 bits per heavy atom. The van der Waals surface area contributed by atoms with Crippen LogP contribution in [0.3, 0.4) is 0 Å². The molecule has 26 heavy (non-hydrogen) atoms. The highest BCUT2D eigenvalue weighted by Gasteiger charge is 2.70. The number of likely N-dealkylation sites (tertiary alicyclic amines) is 1. The first kappa shape index (κ1) is 15.7. The van der Waals surface area contributed by atoms with Gasteiger partial charge < -0.3 is 23.8 Å². The van der Waals surface area contributed by atoms with Crippen molar-refractivity contribution in [3.05, 3.63) is 23.3 Å². The Labute approximate surface area is 154 Å². The highest BCUT2D eigenvalue weighted by Crippen LogP contribution is 2.66. The highest BCUT2D eigenvalue weighted by atomic mass is 16.7. The Hall–Kier alpha value is -1.30. The van der Waals surface area contributed by atoms with E-state index in [4.69, 9.17) is 18.9 Å². The molecule has 0 radical (unpaired) electrons. The fraction of sp³-hybridized carbons (Fsp3) is 0.714. The Morgan fingerprint density at radius 2 is 2.04 bits per heavy atom. The molecular formula is C21H27NO4. The number of rotatable bonds is 1. The Balaban J connectivity index is 1.59. The molecule has 3 aliphatic heterocycles. The fourth-order valence-electron chi connectivity index (χ4n) is 6.75. The van der Waals surface area contributed by atoms with E-state index in [1.807, 2.05) is 0 Å². The summed E-state index contributed by atoms with van der Waals surface area (Å²) < 4.78 is 25.1. The first-order valence-electron chi connectivity index (χ1n) is 10.0. The number of benzene rings is 1. The Kier molecular flexibility index (Phi) is 3.11. The molecule has 3 fully saturated rings. The van der Waals surface area contributed by atoms with Crippen molar-refractivity contribution >= 4 is 0 Å². The molecule has 1 aromatic carbocycles. The van der Waals surface area contributed by atoms with E-state index >= 15 is 0 Å². The standard InChI is InChI=1S/C21H27NO4/c1-22-9-8-20-14-6-7-21(24-10-3-11-25-21)19(20)26-18-16(23-2)5-4-13(17(18)20)12-15(14)22/h4-5,14-15,19H,3,6-12H2,1-2H3/t14?,15-,19-,20+/m1/s1. The SMILES string of the molecule is COc1ccc2c3c1O[C@H]1C4(CCC5[C@@H](C2)N(C)CC[C@@]351)OCCCO4. The van der Waals surface area contributed by atoms with Crippen LogP contribution in [0.1, 0.15) is 36.8 Å². The van der Waals surface area contributed by atoms with Gasteiger partial charge in [0.15, 0.2) is 17.6 Å². The van der Waals surface area contributed by atoms with Crippen molar-refractivity contribution in [2.45, 2.75) is 55.5 Å². The van der Waals surface area contributed by atoms with E-state index in [-0.39, 0.29) is 11.5 Å². The molecule has 2 saturated heterocycles. The lowest BCUT2D eigenvalue weighted by Crippen LogP contribution is -2.71. The van der Waals surface area contributed by atoms with Gasteiger partial charge in [0, 0.05) is 23.4 Å². The fourth-order valence-corrected chi connectivity index (χ4v) is 6.75. The van der Waals surface area contributed by atoms with Crippen molar-refractivity contribution < 1.29 is 18.9 Å². The van der Waals surface area contributed by atoms with Crippen molar-refractivity contribution in [2.75, 3.05) is 33.9 Å². The van der Waals surface area contributed by atoms with Crippen molar-refractivity contribution in [3.63, 3.8) is 0 Å². The third-order valence-corrected chi connectivity index (χ3v) is 7.78. The van der Waals surface area contributed by atoms with Crippen molar-refractivity contribution in [1.29, 1.82) is 0 Å². The molecule has 5 heteroatoms. The summed E-state index contributed by atoms with van der Waals surface area (Å²) in [6.45, 7) is 2.64. The first-order chi connectivity index (χ1) is 12.7. The number of hydrogen-bond acceptors (Lipinski definition) is 5. The second kappa shape index (κ2) is 5.15. The predicted octanol–water partition coefficient (Wildman–Crippen LogP) is 2.50. The summed E-state index contributed by atoms with van der Waals surface area (Å²) in [5, 5.41) is 0. The van der Waals surface area contributed by atoms with Crippen LogP contribution in [0.25, 0.3) is 0 Å². The zero-order valence-corrected chi connectivity index (χ0v) is 15.6. The monoisotopic (exact) mass is 357 g/mol. The predicted molar refractivity (Wildman–Crippen MR) is 95.8 cm³/mol. The van der Waals surface area contributed by atoms with Crippen LogP contribution >= 0.6 is 0 Å². The van der Waals surface area contributed by atoms with Gasteiger partial charge in [-0.3, -0.25) is 0 Å². The van der Waals surface area contributed by atoms with Gasteiger partial charge in [0.1, 0.15) is 0 Å². The zero-order chi connectivity index (χ0) is 17.5. The maximum absolute atomic E-state index is 6.74. The second-order valence-corrected chi connectivity index (χ2v) is 8.68. The Bertz CT molecular complexity index is 759. The average Bonchev–Trinajstić information content (AvgIpc) is 3.03. The van der Waals surface area contributed by atoms with Crippen molar-refractivity contribution in [2.24, 2.45) is 5.92 Å². The van der Waals surface area contributed by atoms with Crippen LogP contribution in [-0.4, -0.2) is 56.7 Å². The van der Waals surface area contributed by atoms with Gasteiger partial charge in [-0.2, -0.15) is 0 Å². The second-order valence-electron chi connectivity index (χ2n) is 8.68. The summed E-state index contributed by atoms with van der Waals surface area (Å²) in [4.78, 5) is 2.57. The molecule has 2 aliphatic carbocycles. The third kappa shape index (κ3) is 1.68. The molecule has 1 aromatic rings. The van der Waals surface area contributed by atoms with Crippen LogP contribution in [0.15, 0.2) is 12.1 Å². The quantitative estimate of drug-likeness (QED) is 0.772. The minimum atomic E-state index is -0.589. The molecule has 1 saturated carbocycles. The molecule has 0 aromatic heterocycles. The molecule has 140 valence electrons. The molecule has 0 N–H and O–H groups in total. The van der Waals surface area contributed by atoms with Gasteiger partial charge in [0.25, 0.3) is 0 Å². The number of hydrogen-bond donors (Lipinski definition) is 0. The van der Waals surface area contributed by atoms with Crippen LogP contribution < -0.4 is 9.47 Å². The third-order valence-electron chi connectivity index (χ3n) is 7.78. The minimum Gasteiger partial charge on any atom is -0.493 e. The number of nitrogens with zero attached hydrogens (tertiary/aromatic N) is 1. The topological polar surface area (TPSA) is 40.2 Å². The zero-order valence-electron chi connectivity index (χ0n) is 15.6. The lowest BCUT2D eigenvalue weighted by atomic mass is 9.50. The van der Waals surface area contributed by atoms with E-state index in [0.717, 1.165) is 63.4 Å². The lowest BCUT2D eigenvalue weighted by molar-refractivity contribution is -0.332. The molecule has 6 rings (SSSR count). The van der Waals surface area contributed by atoms with Crippen LogP contribution in [0.5, 0.6) is 11.5 Å². The van der Waals surface area contributed by atoms with Gasteiger partial charge in [0.2, 0.25) is 5.79 Å². The maximum atomic E-state index is 6.74. The van der Waals surface area contributed by atoms with Gasteiger partial charge in [0.05, 0.1) is 20.3 Å². The van der Waals surface area contributed by atoms with Crippen LogP contribution in [-0.2, 0) is 21.3 Å². The van der Waals surface area contributed by atoms with E-state index in [0.29, 0.717) is 12.0 Å². The van der Waals surface area contributed by atoms with Gasteiger partial charge in [-0.05, 0) is 56.8 Å². The van der Waals surface area contributed by atoms with E-state index in [2.05, 4.69) is 24.1 Å². The molecule has 3 heterocycles. The van der Waals surface area contributed by atoms with Crippen molar-refractivity contribution in [1.82, 2.24) is 4.90 Å². The summed E-state index contributed by atoms with van der Waals surface area (Å²) in [5.74, 6) is 1.83. The summed E-state index contributed by atoms with van der Waals surface area (Å²) in [5.41, 5.74) is 2.85. The molecule has 1 unspecified atom stereocenters. The average molecular weight is 357 g/mol. The number of likely N-dealkylation sites (N-methyl/N-ethyl adjacent to an activating group) is 1. The molecule has 4 atom stereocenters. The largest absolute Gasteiger partial charge is 0.493 e. The summed E-state index contributed by atoms with van der Waals surface area (Å²) in [7, 11) is 4.03. The number of piperidine rings is 1. The molecule has 2 bridgehead atoms. The van der Waals surface area contributed by atoms with E-state index < -0.39 is 5.79 Å². The van der Waals surface area contributed by atoms with Crippen LogP contribution in [0.2, 0.25) is 0 Å². The summed E-state index contributed by atoms with van der Waals surface area (Å²) in [6, 6.07) is 4.92. The van der Waals surface area contributed by atoms with Gasteiger partial charge in [-0.15, -0.1) is 0 Å². The van der Waals surface area contributed by atoms with Crippen molar-refractivity contribution in [3.8, 4) is 11.5 Å². The van der Waals surface area contributed by atoms with Gasteiger partial charge in [-0.25, -0.2) is 0 Å². The summed E-state index contributed by atoms with van der Waals surface area (Å²) in [6.07, 6.45) is 5.20. The van der Waals surface area contributed by atoms with E-state index in [1.54, 1.807) is 7.11 Å². The molecule has 2 spiro atoms. The number of fused-ring (bicyclic) bond motifs is 1. The number of methoxy groups -OCH3 is 1. The first-order valence-corrected chi connectivity index (χ1v) is 10.0. The highest BCUT2D eigenvalue weighted by molar-refractivity contribution is 5.61. The van der Waals surface area contributed by atoms with Gasteiger partial charge >= 0.3 is 0 Å². The number of ether oxygens (including phenoxy) is 4. The smallest absolute Gasteiger partial charge is 0.206 e. The van der Waals surface area contributed by atoms with Crippen LogP contribution in [0, 0.1) is 5.92 Å². The Morgan fingerprint density at radius 3 is 2.85 bits per heavy atom. The van der Waals surface area contributed by atoms with Crippen LogP contribution in [0.4, 0.5) is 0 Å². The molecule has 0 amide bonds. The minimum absolute atomic E-state index is 0.00419. The lowest BCUT2D eigenvalue weighted by Gasteiger charge is -2.61. The van der Waals surface area contributed by atoms with E-state index in [1.165, 1.54) is 11.1 Å². The van der Waals surface area contributed by atoms with Gasteiger partial charge in [-0.1, -0.05) is 6.07 Å². The molecular weight excluding hydrogens is 330 g/mol. The van der Waals surface area contributed by atoms with E-state index in [9.17, 15) is 0 Å².